The van der Waals surface area contributed by atoms with E-state index >= 15 is 0 Å². The van der Waals surface area contributed by atoms with E-state index in [0.717, 1.165) is 5.01 Å². The van der Waals surface area contributed by atoms with E-state index in [4.69, 9.17) is 20.8 Å². The van der Waals surface area contributed by atoms with Crippen LogP contribution in [0.1, 0.15) is 16.1 Å². The molecule has 1 aromatic heterocycles. The zero-order valence-corrected chi connectivity index (χ0v) is 15.6. The van der Waals surface area contributed by atoms with Crippen molar-refractivity contribution in [2.75, 3.05) is 5.01 Å². The minimum Gasteiger partial charge on any atom is -0.457 e. The number of hydrogen-bond donors (Lipinski definition) is 1. The number of hydrogen-bond acceptors (Lipinski definition) is 5. The smallest absolute Gasteiger partial charge is 0.379 e. The fourth-order valence-corrected chi connectivity index (χ4v) is 2.92. The van der Waals surface area contributed by atoms with Gasteiger partial charge in [-0.3, -0.25) is 15.0 Å². The van der Waals surface area contributed by atoms with Crippen molar-refractivity contribution in [1.29, 1.82) is 0 Å². The number of benzene rings is 2. The highest BCUT2D eigenvalue weighted by molar-refractivity contribution is 6.32. The molecule has 1 aliphatic heterocycles. The molecule has 0 radical (unpaired) electrons. The van der Waals surface area contributed by atoms with Crippen molar-refractivity contribution in [1.82, 2.24) is 5.43 Å². The van der Waals surface area contributed by atoms with Gasteiger partial charge in [0.15, 0.2) is 0 Å². The summed E-state index contributed by atoms with van der Waals surface area (Å²) in [4.78, 5) is 37.3. The number of furan rings is 1. The lowest BCUT2D eigenvalue weighted by Gasteiger charge is -2.13. The van der Waals surface area contributed by atoms with Gasteiger partial charge in [0.2, 0.25) is 5.76 Å². The van der Waals surface area contributed by atoms with Gasteiger partial charge in [-0.2, -0.15) is 0 Å². The van der Waals surface area contributed by atoms with Crippen LogP contribution in [0.25, 0.3) is 6.08 Å². The Labute approximate surface area is 170 Å². The number of anilines is 1. The number of esters is 1. The molecule has 0 saturated carbocycles. The summed E-state index contributed by atoms with van der Waals surface area (Å²) < 4.78 is 10.4. The highest BCUT2D eigenvalue weighted by Gasteiger charge is 2.34. The lowest BCUT2D eigenvalue weighted by atomic mass is 10.1. The molecule has 4 rings (SSSR count). The summed E-state index contributed by atoms with van der Waals surface area (Å²) in [6.07, 6.45) is 2.68. The van der Waals surface area contributed by atoms with Gasteiger partial charge in [0, 0.05) is 10.6 Å². The van der Waals surface area contributed by atoms with Gasteiger partial charge in [-0.1, -0.05) is 29.8 Å². The second-order valence-corrected chi connectivity index (χ2v) is 6.46. The molecule has 1 N–H and O–H groups in total. The molecule has 1 aliphatic rings. The van der Waals surface area contributed by atoms with Crippen molar-refractivity contribution in [3.05, 3.63) is 88.8 Å². The first-order chi connectivity index (χ1) is 14.0. The van der Waals surface area contributed by atoms with Gasteiger partial charge in [-0.25, -0.2) is 9.80 Å². The molecule has 0 unspecified atom stereocenters. The second-order valence-electron chi connectivity index (χ2n) is 6.02. The Morgan fingerprint density at radius 2 is 1.86 bits per heavy atom. The molecule has 7 nitrogen and oxygen atoms in total. The fourth-order valence-electron chi connectivity index (χ4n) is 2.74. The predicted octanol–water partition coefficient (Wildman–Crippen LogP) is 3.61. The predicted molar refractivity (Wildman–Crippen MR) is 105 cm³/mol. The highest BCUT2D eigenvalue weighted by Crippen LogP contribution is 2.28. The first-order valence-electron chi connectivity index (χ1n) is 8.50. The summed E-state index contributed by atoms with van der Waals surface area (Å²) in [5.41, 5.74) is 3.20. The van der Waals surface area contributed by atoms with Crippen molar-refractivity contribution in [2.24, 2.45) is 0 Å². The summed E-state index contributed by atoms with van der Waals surface area (Å²) in [6.45, 7) is 0. The van der Waals surface area contributed by atoms with E-state index in [9.17, 15) is 14.4 Å². The molecule has 3 aromatic rings. The summed E-state index contributed by atoms with van der Waals surface area (Å²) in [6, 6.07) is 16.2. The number of hydrazine groups is 1. The molecule has 29 heavy (non-hydrogen) atoms. The zero-order valence-electron chi connectivity index (χ0n) is 14.8. The average molecular weight is 409 g/mol. The van der Waals surface area contributed by atoms with E-state index in [1.54, 1.807) is 36.4 Å². The van der Waals surface area contributed by atoms with Crippen molar-refractivity contribution in [2.45, 2.75) is 0 Å². The molecule has 1 fully saturated rings. The maximum absolute atomic E-state index is 12.7. The molecular weight excluding hydrogens is 396 g/mol. The number of halogens is 1. The fraction of sp³-hybridized carbons (Fsp3) is 0. The normalized spacial score (nSPS) is 14.9. The molecule has 0 bridgehead atoms. The summed E-state index contributed by atoms with van der Waals surface area (Å²) in [7, 11) is 0. The quantitative estimate of drug-likeness (QED) is 0.308. The van der Waals surface area contributed by atoms with Crippen molar-refractivity contribution >= 4 is 41.1 Å². The van der Waals surface area contributed by atoms with Crippen LogP contribution < -0.4 is 15.2 Å². The molecule has 0 atom stereocenters. The van der Waals surface area contributed by atoms with Crippen LogP contribution in [-0.2, 0) is 9.59 Å². The van der Waals surface area contributed by atoms with E-state index in [-0.39, 0.29) is 17.1 Å². The first-order valence-corrected chi connectivity index (χ1v) is 8.88. The van der Waals surface area contributed by atoms with Crippen LogP contribution in [-0.4, -0.2) is 17.8 Å². The van der Waals surface area contributed by atoms with Crippen molar-refractivity contribution < 1.29 is 23.5 Å². The molecule has 2 aromatic carbocycles. The lowest BCUT2D eigenvalue weighted by Crippen LogP contribution is -2.35. The minimum absolute atomic E-state index is 0.0171. The third-order valence-electron chi connectivity index (χ3n) is 4.10. The van der Waals surface area contributed by atoms with Gasteiger partial charge >= 0.3 is 5.97 Å². The van der Waals surface area contributed by atoms with Crippen LogP contribution in [0.5, 0.6) is 5.75 Å². The number of amides is 2. The number of nitrogens with zero attached hydrogens (tertiary/aromatic N) is 1. The van der Waals surface area contributed by atoms with Gasteiger partial charge < -0.3 is 9.15 Å². The number of rotatable bonds is 4. The van der Waals surface area contributed by atoms with Crippen LogP contribution in [0.15, 0.2) is 76.9 Å². The number of ether oxygens (including phenoxy) is 1. The summed E-state index contributed by atoms with van der Waals surface area (Å²) in [5, 5.41) is 1.49. The van der Waals surface area contributed by atoms with Crippen molar-refractivity contribution in [3.63, 3.8) is 0 Å². The molecule has 2 heterocycles. The third-order valence-corrected chi connectivity index (χ3v) is 4.34. The van der Waals surface area contributed by atoms with E-state index in [1.807, 2.05) is 0 Å². The van der Waals surface area contributed by atoms with Crippen LogP contribution in [0.3, 0.4) is 0 Å². The molecule has 0 aliphatic carbocycles. The van der Waals surface area contributed by atoms with Crippen LogP contribution in [0.2, 0.25) is 5.02 Å². The van der Waals surface area contributed by atoms with Gasteiger partial charge in [-0.15, -0.1) is 0 Å². The standard InChI is InChI=1S/C21H13ClN2O5/c22-14-8-9-17(29-21(27)18-7-4-10-28-18)13(11-14)12-16-19(25)23-24(20(16)26)15-5-2-1-3-6-15/h1-12H,(H,23,25). The van der Waals surface area contributed by atoms with E-state index < -0.39 is 17.8 Å². The Balaban J connectivity index is 1.67. The molecule has 1 saturated heterocycles. The number of carbonyl (C=O) groups excluding carboxylic acids is 3. The van der Waals surface area contributed by atoms with Crippen LogP contribution in [0, 0.1) is 0 Å². The Morgan fingerprint density at radius 1 is 1.07 bits per heavy atom. The molecule has 0 spiro atoms. The first kappa shape index (κ1) is 18.5. The number of carbonyl (C=O) groups is 3. The zero-order chi connectivity index (χ0) is 20.4. The van der Waals surface area contributed by atoms with Gasteiger partial charge in [0.05, 0.1) is 12.0 Å². The SMILES string of the molecule is O=C1NN(c2ccccc2)C(=O)C1=Cc1cc(Cl)ccc1OC(=O)c1ccco1. The Bertz CT molecular complexity index is 1120. The second kappa shape index (κ2) is 7.65. The van der Waals surface area contributed by atoms with Gasteiger partial charge in [0.25, 0.3) is 11.8 Å². The maximum Gasteiger partial charge on any atom is 0.379 e. The number of nitrogens with one attached hydrogen (secondary N) is 1. The molecule has 8 heteroatoms. The molecular formula is C21H13ClN2O5. The minimum atomic E-state index is -0.718. The maximum atomic E-state index is 12.7. The Kier molecular flexibility index (Phi) is 4.88. The Hall–Kier alpha value is -3.84. The van der Waals surface area contributed by atoms with Crippen molar-refractivity contribution in [3.8, 4) is 5.75 Å². The highest BCUT2D eigenvalue weighted by atomic mass is 35.5. The number of para-hydroxylation sites is 1. The lowest BCUT2D eigenvalue weighted by molar-refractivity contribution is -0.117. The largest absolute Gasteiger partial charge is 0.457 e. The Morgan fingerprint density at radius 3 is 2.59 bits per heavy atom. The summed E-state index contributed by atoms with van der Waals surface area (Å²) in [5.74, 6) is -1.69. The van der Waals surface area contributed by atoms with Crippen LogP contribution >= 0.6 is 11.6 Å². The van der Waals surface area contributed by atoms with Gasteiger partial charge in [0.1, 0.15) is 11.3 Å². The van der Waals surface area contributed by atoms with E-state index in [1.165, 1.54) is 36.6 Å². The topological polar surface area (TPSA) is 88.9 Å². The van der Waals surface area contributed by atoms with E-state index in [2.05, 4.69) is 5.43 Å². The van der Waals surface area contributed by atoms with E-state index in [0.29, 0.717) is 16.3 Å². The average Bonchev–Trinajstić information content (AvgIpc) is 3.35. The van der Waals surface area contributed by atoms with Crippen LogP contribution in [0.4, 0.5) is 5.69 Å². The van der Waals surface area contributed by atoms with Gasteiger partial charge in [-0.05, 0) is 48.5 Å². The molecule has 144 valence electrons. The monoisotopic (exact) mass is 408 g/mol. The third kappa shape index (κ3) is 3.76. The molecule has 2 amide bonds. The summed E-state index contributed by atoms with van der Waals surface area (Å²) >= 11 is 6.05.